The molecule has 1 aliphatic heterocycles. The minimum absolute atomic E-state index is 0.0895. The number of hydrogen-bond donors (Lipinski definition) is 2. The van der Waals surface area contributed by atoms with Crippen LogP contribution in [0.15, 0.2) is 48.5 Å². The van der Waals surface area contributed by atoms with Crippen molar-refractivity contribution in [3.63, 3.8) is 0 Å². The van der Waals surface area contributed by atoms with Crippen molar-refractivity contribution in [1.29, 1.82) is 0 Å². The number of aliphatic carboxylic acids is 1. The fourth-order valence-corrected chi connectivity index (χ4v) is 3.12. The molecule has 148 valence electrons. The lowest BCUT2D eigenvalue weighted by Crippen LogP contribution is -2.24. The summed E-state index contributed by atoms with van der Waals surface area (Å²) in [6, 6.07) is 14.7. The van der Waals surface area contributed by atoms with E-state index in [0.29, 0.717) is 24.3 Å². The van der Waals surface area contributed by atoms with Crippen LogP contribution in [-0.2, 0) is 27.3 Å². The first-order valence-electron chi connectivity index (χ1n) is 9.51. The molecule has 0 saturated carbocycles. The molecule has 1 saturated heterocycles. The van der Waals surface area contributed by atoms with Gasteiger partial charge >= 0.3 is 5.97 Å². The lowest BCUT2D eigenvalue weighted by atomic mass is 10.1. The van der Waals surface area contributed by atoms with E-state index in [2.05, 4.69) is 5.32 Å². The Hall–Kier alpha value is -2.70. The van der Waals surface area contributed by atoms with Gasteiger partial charge < -0.3 is 19.9 Å². The van der Waals surface area contributed by atoms with Crippen LogP contribution in [0.1, 0.15) is 40.7 Å². The second-order valence-electron chi connectivity index (χ2n) is 6.82. The molecule has 28 heavy (non-hydrogen) atoms. The molecule has 2 N–H and O–H groups in total. The summed E-state index contributed by atoms with van der Waals surface area (Å²) in [4.78, 5) is 23.4. The van der Waals surface area contributed by atoms with E-state index in [1.807, 2.05) is 30.3 Å². The highest BCUT2D eigenvalue weighted by Crippen LogP contribution is 2.18. The second-order valence-corrected chi connectivity index (χ2v) is 6.82. The molecule has 1 amide bonds. The third kappa shape index (κ3) is 5.90. The minimum atomic E-state index is -0.822. The van der Waals surface area contributed by atoms with E-state index in [1.54, 1.807) is 18.2 Å². The van der Waals surface area contributed by atoms with E-state index in [-0.39, 0.29) is 18.4 Å². The molecule has 0 unspecified atom stereocenters. The number of carbonyl (C=O) groups excluding carboxylic acids is 1. The van der Waals surface area contributed by atoms with Crippen molar-refractivity contribution in [2.24, 2.45) is 0 Å². The summed E-state index contributed by atoms with van der Waals surface area (Å²) in [5, 5.41) is 11.7. The predicted molar refractivity (Wildman–Crippen MR) is 105 cm³/mol. The van der Waals surface area contributed by atoms with Crippen molar-refractivity contribution in [2.75, 3.05) is 18.5 Å². The Kier molecular flexibility index (Phi) is 7.17. The lowest BCUT2D eigenvalue weighted by molar-refractivity contribution is -0.136. The highest BCUT2D eigenvalue weighted by Gasteiger charge is 2.16. The molecule has 0 spiro atoms. The van der Waals surface area contributed by atoms with Gasteiger partial charge in [-0.3, -0.25) is 9.59 Å². The SMILES string of the molecule is O=C(O)CCc1ccc(NC(=O)c2ccccc2COC2CCOCC2)cc1. The van der Waals surface area contributed by atoms with Crippen molar-refractivity contribution in [2.45, 2.75) is 38.4 Å². The van der Waals surface area contributed by atoms with Crippen molar-refractivity contribution in [3.8, 4) is 0 Å². The van der Waals surface area contributed by atoms with E-state index in [4.69, 9.17) is 14.6 Å². The van der Waals surface area contributed by atoms with Crippen molar-refractivity contribution >= 4 is 17.6 Å². The average molecular weight is 383 g/mol. The van der Waals surface area contributed by atoms with Gasteiger partial charge in [-0.25, -0.2) is 0 Å². The molecule has 2 aromatic rings. The molecule has 2 aromatic carbocycles. The quantitative estimate of drug-likeness (QED) is 0.727. The number of amides is 1. The summed E-state index contributed by atoms with van der Waals surface area (Å²) < 4.78 is 11.3. The zero-order chi connectivity index (χ0) is 19.8. The Morgan fingerprint density at radius 3 is 2.50 bits per heavy atom. The molecular formula is C22H25NO5. The fourth-order valence-electron chi connectivity index (χ4n) is 3.12. The molecule has 6 heteroatoms. The number of aryl methyl sites for hydroxylation is 1. The van der Waals surface area contributed by atoms with Gasteiger partial charge in [-0.1, -0.05) is 30.3 Å². The molecular weight excluding hydrogens is 358 g/mol. The molecule has 0 radical (unpaired) electrons. The van der Waals surface area contributed by atoms with Crippen LogP contribution >= 0.6 is 0 Å². The molecule has 0 atom stereocenters. The van der Waals surface area contributed by atoms with E-state index in [1.165, 1.54) is 0 Å². The molecule has 3 rings (SSSR count). The monoisotopic (exact) mass is 383 g/mol. The van der Waals surface area contributed by atoms with Crippen LogP contribution in [0.2, 0.25) is 0 Å². The molecule has 6 nitrogen and oxygen atoms in total. The number of carboxylic acids is 1. The fraction of sp³-hybridized carbons (Fsp3) is 0.364. The van der Waals surface area contributed by atoms with E-state index >= 15 is 0 Å². The predicted octanol–water partition coefficient (Wildman–Crippen LogP) is 3.65. The number of nitrogens with one attached hydrogen (secondary N) is 1. The second kappa shape index (κ2) is 10.0. The molecule has 1 heterocycles. The first kappa shape index (κ1) is 20.0. The number of hydrogen-bond acceptors (Lipinski definition) is 4. The summed E-state index contributed by atoms with van der Waals surface area (Å²) in [7, 11) is 0. The summed E-state index contributed by atoms with van der Waals surface area (Å²) in [5.41, 5.74) is 3.03. The minimum Gasteiger partial charge on any atom is -0.481 e. The molecule has 1 aliphatic rings. The van der Waals surface area contributed by atoms with Gasteiger partial charge in [0, 0.05) is 30.9 Å². The molecule has 0 bridgehead atoms. The first-order chi connectivity index (χ1) is 13.6. The first-order valence-corrected chi connectivity index (χ1v) is 9.51. The standard InChI is InChI=1S/C22H25NO5/c24-21(25)10-7-16-5-8-18(9-6-16)23-22(26)20-4-2-1-3-17(20)15-28-19-11-13-27-14-12-19/h1-6,8-9,19H,7,10-15H2,(H,23,26)(H,24,25). The van der Waals surface area contributed by atoms with Crippen LogP contribution in [0.25, 0.3) is 0 Å². The average Bonchev–Trinajstić information content (AvgIpc) is 2.72. The number of ether oxygens (including phenoxy) is 2. The normalized spacial score (nSPS) is 14.6. The van der Waals surface area contributed by atoms with Gasteiger partial charge in [0.15, 0.2) is 0 Å². The summed E-state index contributed by atoms with van der Waals surface area (Å²) >= 11 is 0. The van der Waals surface area contributed by atoms with Gasteiger partial charge in [0.1, 0.15) is 0 Å². The van der Waals surface area contributed by atoms with Gasteiger partial charge in [0.25, 0.3) is 5.91 Å². The number of carboxylic acid groups (broad SMARTS) is 1. The topological polar surface area (TPSA) is 84.9 Å². The smallest absolute Gasteiger partial charge is 0.303 e. The van der Waals surface area contributed by atoms with Crippen molar-refractivity contribution in [1.82, 2.24) is 0 Å². The van der Waals surface area contributed by atoms with Gasteiger partial charge in [-0.2, -0.15) is 0 Å². The molecule has 0 aliphatic carbocycles. The largest absolute Gasteiger partial charge is 0.481 e. The Labute approximate surface area is 164 Å². The molecule has 0 aromatic heterocycles. The third-order valence-electron chi connectivity index (χ3n) is 4.74. The Balaban J connectivity index is 1.60. The van der Waals surface area contributed by atoms with Crippen LogP contribution < -0.4 is 5.32 Å². The number of carbonyl (C=O) groups is 2. The van der Waals surface area contributed by atoms with Crippen LogP contribution in [0.3, 0.4) is 0 Å². The van der Waals surface area contributed by atoms with Crippen LogP contribution in [0.4, 0.5) is 5.69 Å². The Morgan fingerprint density at radius 1 is 1.07 bits per heavy atom. The summed E-state index contributed by atoms with van der Waals surface area (Å²) in [6.07, 6.45) is 2.48. The highest BCUT2D eigenvalue weighted by atomic mass is 16.5. The zero-order valence-corrected chi connectivity index (χ0v) is 15.7. The third-order valence-corrected chi connectivity index (χ3v) is 4.74. The Morgan fingerprint density at radius 2 is 1.79 bits per heavy atom. The maximum absolute atomic E-state index is 12.7. The maximum Gasteiger partial charge on any atom is 0.303 e. The zero-order valence-electron chi connectivity index (χ0n) is 15.7. The summed E-state index contributed by atoms with van der Waals surface area (Å²) in [6.45, 7) is 1.83. The highest BCUT2D eigenvalue weighted by molar-refractivity contribution is 6.05. The van der Waals surface area contributed by atoms with E-state index in [9.17, 15) is 9.59 Å². The lowest BCUT2D eigenvalue weighted by Gasteiger charge is -2.23. The van der Waals surface area contributed by atoms with Gasteiger partial charge in [-0.15, -0.1) is 0 Å². The number of benzene rings is 2. The van der Waals surface area contributed by atoms with Gasteiger partial charge in [0.2, 0.25) is 0 Å². The summed E-state index contributed by atoms with van der Waals surface area (Å²) in [5.74, 6) is -1.01. The van der Waals surface area contributed by atoms with Gasteiger partial charge in [-0.05, 0) is 48.6 Å². The van der Waals surface area contributed by atoms with Crippen LogP contribution in [0.5, 0.6) is 0 Å². The molecule has 1 fully saturated rings. The van der Waals surface area contributed by atoms with Crippen molar-refractivity contribution < 1.29 is 24.2 Å². The van der Waals surface area contributed by atoms with Crippen LogP contribution in [-0.4, -0.2) is 36.3 Å². The van der Waals surface area contributed by atoms with E-state index < -0.39 is 5.97 Å². The van der Waals surface area contributed by atoms with Crippen molar-refractivity contribution in [3.05, 3.63) is 65.2 Å². The number of anilines is 1. The maximum atomic E-state index is 12.7. The van der Waals surface area contributed by atoms with Gasteiger partial charge in [0.05, 0.1) is 12.7 Å². The Bertz CT molecular complexity index is 797. The van der Waals surface area contributed by atoms with Crippen LogP contribution in [0, 0.1) is 0 Å². The van der Waals surface area contributed by atoms with E-state index in [0.717, 1.165) is 37.2 Å². The number of rotatable bonds is 8.